The van der Waals surface area contributed by atoms with Crippen LogP contribution in [0.5, 0.6) is 0 Å². The van der Waals surface area contributed by atoms with Crippen molar-refractivity contribution < 1.29 is 19.5 Å². The summed E-state index contributed by atoms with van der Waals surface area (Å²) in [5, 5.41) is 12.1. The lowest BCUT2D eigenvalue weighted by Gasteiger charge is -2.18. The number of rotatable bonds is 11. The van der Waals surface area contributed by atoms with Crippen molar-refractivity contribution in [2.75, 3.05) is 37.9 Å². The number of hydrogen-bond donors (Lipinski definition) is 2. The summed E-state index contributed by atoms with van der Waals surface area (Å²) in [6.07, 6.45) is 1.64. The molecule has 1 unspecified atom stereocenters. The van der Waals surface area contributed by atoms with E-state index in [1.807, 2.05) is 80.8 Å². The fraction of sp³-hybridized carbons (Fsp3) is 0.290. The molecule has 0 aromatic heterocycles. The van der Waals surface area contributed by atoms with Gasteiger partial charge in [-0.1, -0.05) is 40.2 Å². The van der Waals surface area contributed by atoms with Crippen LogP contribution in [0.25, 0.3) is 0 Å². The van der Waals surface area contributed by atoms with E-state index in [0.717, 1.165) is 45.5 Å². The van der Waals surface area contributed by atoms with E-state index in [4.69, 9.17) is 10.1 Å². The van der Waals surface area contributed by atoms with Crippen LogP contribution in [-0.4, -0.2) is 61.2 Å². The Bertz CT molecular complexity index is 1440. The van der Waals surface area contributed by atoms with Crippen molar-refractivity contribution in [3.05, 3.63) is 87.9 Å². The fourth-order valence-corrected chi connectivity index (χ4v) is 5.05. The zero-order valence-corrected chi connectivity index (χ0v) is 24.4. The molecule has 0 aliphatic carbocycles. The summed E-state index contributed by atoms with van der Waals surface area (Å²) in [6.45, 7) is 0.850. The van der Waals surface area contributed by atoms with Crippen molar-refractivity contribution in [3.63, 3.8) is 0 Å². The zero-order chi connectivity index (χ0) is 28.8. The Kier molecular flexibility index (Phi) is 9.50. The lowest BCUT2D eigenvalue weighted by atomic mass is 9.89. The fourth-order valence-electron chi connectivity index (χ4n) is 4.69. The van der Waals surface area contributed by atoms with Gasteiger partial charge in [-0.15, -0.1) is 0 Å². The van der Waals surface area contributed by atoms with Gasteiger partial charge in [-0.25, -0.2) is 0 Å². The van der Waals surface area contributed by atoms with Gasteiger partial charge in [0, 0.05) is 35.7 Å². The summed E-state index contributed by atoms with van der Waals surface area (Å²) in [6, 6.07) is 20.6. The summed E-state index contributed by atoms with van der Waals surface area (Å²) >= 11 is 3.47. The van der Waals surface area contributed by atoms with E-state index in [-0.39, 0.29) is 18.2 Å². The van der Waals surface area contributed by atoms with Crippen molar-refractivity contribution in [1.29, 1.82) is 0 Å². The summed E-state index contributed by atoms with van der Waals surface area (Å²) in [5.41, 5.74) is 5.12. The maximum Gasteiger partial charge on any atom is 0.303 e. The van der Waals surface area contributed by atoms with Crippen LogP contribution in [0, 0.1) is 0 Å². The quantitative estimate of drug-likeness (QED) is 0.276. The number of halogens is 1. The second-order valence-corrected chi connectivity index (χ2v) is 11.0. The molecule has 3 aromatic rings. The van der Waals surface area contributed by atoms with Gasteiger partial charge < -0.3 is 20.2 Å². The Morgan fingerprint density at radius 2 is 1.75 bits per heavy atom. The van der Waals surface area contributed by atoms with Crippen LogP contribution in [0.4, 0.5) is 17.1 Å². The number of carbonyl (C=O) groups is 3. The highest BCUT2D eigenvalue weighted by Gasteiger charge is 2.35. The highest BCUT2D eigenvalue weighted by Crippen LogP contribution is 2.38. The highest BCUT2D eigenvalue weighted by atomic mass is 79.9. The minimum atomic E-state index is -0.866. The molecule has 0 radical (unpaired) electrons. The Morgan fingerprint density at radius 1 is 1.00 bits per heavy atom. The maximum absolute atomic E-state index is 13.3. The van der Waals surface area contributed by atoms with Crippen LogP contribution >= 0.6 is 15.9 Å². The largest absolute Gasteiger partial charge is 0.481 e. The number of fused-ring (bicyclic) bond motifs is 1. The van der Waals surface area contributed by atoms with Gasteiger partial charge in [0.2, 0.25) is 11.8 Å². The number of carboxylic acids is 1. The summed E-state index contributed by atoms with van der Waals surface area (Å²) in [7, 11) is 5.74. The predicted octanol–water partition coefficient (Wildman–Crippen LogP) is 5.63. The molecule has 0 saturated carbocycles. The van der Waals surface area contributed by atoms with Gasteiger partial charge in [0.25, 0.3) is 0 Å². The predicted molar refractivity (Wildman–Crippen MR) is 162 cm³/mol. The Balaban J connectivity index is 1.67. The standard InChI is InChI=1S/C31H33BrN4O4/c1-35(2)17-5-8-27(37)36(3)24-13-11-23(12-14-24)33-30(21-7-4-6-20(18-21)9-16-28(38)39)29-25-15-10-22(32)19-26(25)34-31(29)40/h4,6-7,10-15,18-19,29H,5,8-9,16-17H2,1-3H3,(H,34,40)(H,38,39). The van der Waals surface area contributed by atoms with Gasteiger partial charge in [0.05, 0.1) is 11.4 Å². The number of aryl methyl sites for hydroxylation is 1. The van der Waals surface area contributed by atoms with Crippen LogP contribution in [0.15, 0.2) is 76.2 Å². The zero-order valence-electron chi connectivity index (χ0n) is 22.9. The molecular weight excluding hydrogens is 572 g/mol. The van der Waals surface area contributed by atoms with Crippen molar-refractivity contribution in [2.45, 2.75) is 31.6 Å². The molecule has 2 N–H and O–H groups in total. The highest BCUT2D eigenvalue weighted by molar-refractivity contribution is 9.10. The Hall–Kier alpha value is -3.82. The van der Waals surface area contributed by atoms with Crippen molar-refractivity contribution in [2.24, 2.45) is 4.99 Å². The third-order valence-corrected chi connectivity index (χ3v) is 7.32. The molecule has 1 aliphatic rings. The van der Waals surface area contributed by atoms with Gasteiger partial charge in [0.15, 0.2) is 0 Å². The second-order valence-electron chi connectivity index (χ2n) is 10.1. The van der Waals surface area contributed by atoms with Crippen molar-refractivity contribution in [1.82, 2.24) is 4.90 Å². The lowest BCUT2D eigenvalue weighted by Crippen LogP contribution is -2.27. The number of nitrogens with one attached hydrogen (secondary N) is 1. The number of carboxylic acid groups (broad SMARTS) is 1. The monoisotopic (exact) mass is 604 g/mol. The van der Waals surface area contributed by atoms with Gasteiger partial charge in [-0.05, 0) is 92.6 Å². The van der Waals surface area contributed by atoms with Crippen LogP contribution in [0.3, 0.4) is 0 Å². The molecule has 0 bridgehead atoms. The van der Waals surface area contributed by atoms with Gasteiger partial charge in [-0.3, -0.25) is 19.4 Å². The molecule has 0 fully saturated rings. The number of carbonyl (C=O) groups excluding carboxylic acids is 2. The number of aliphatic imine (C=N–C) groups is 1. The Morgan fingerprint density at radius 3 is 2.45 bits per heavy atom. The van der Waals surface area contributed by atoms with E-state index in [2.05, 4.69) is 26.1 Å². The molecule has 4 rings (SSSR count). The third-order valence-electron chi connectivity index (χ3n) is 6.83. The first kappa shape index (κ1) is 29.2. The smallest absolute Gasteiger partial charge is 0.303 e. The number of benzene rings is 3. The molecule has 3 aromatic carbocycles. The van der Waals surface area contributed by atoms with Crippen LogP contribution < -0.4 is 10.2 Å². The average molecular weight is 606 g/mol. The molecule has 8 nitrogen and oxygen atoms in total. The first-order valence-corrected chi connectivity index (χ1v) is 13.9. The summed E-state index contributed by atoms with van der Waals surface area (Å²) < 4.78 is 0.859. The summed E-state index contributed by atoms with van der Waals surface area (Å²) in [5.74, 6) is -1.64. The molecule has 9 heteroatoms. The van der Waals surface area contributed by atoms with Gasteiger partial charge >= 0.3 is 5.97 Å². The van der Waals surface area contributed by atoms with E-state index < -0.39 is 11.9 Å². The minimum absolute atomic E-state index is 0.0134. The minimum Gasteiger partial charge on any atom is -0.481 e. The number of nitrogens with zero attached hydrogens (tertiary/aromatic N) is 3. The first-order valence-electron chi connectivity index (χ1n) is 13.1. The topological polar surface area (TPSA) is 102 Å². The summed E-state index contributed by atoms with van der Waals surface area (Å²) in [4.78, 5) is 45.7. The first-order chi connectivity index (χ1) is 19.1. The van der Waals surface area contributed by atoms with Gasteiger partial charge in [-0.2, -0.15) is 0 Å². The van der Waals surface area contributed by atoms with Crippen LogP contribution in [0.1, 0.15) is 41.9 Å². The molecule has 1 heterocycles. The molecule has 1 atom stereocenters. The van der Waals surface area contributed by atoms with E-state index in [1.54, 1.807) is 11.9 Å². The maximum atomic E-state index is 13.3. The van der Waals surface area contributed by atoms with E-state index in [9.17, 15) is 14.4 Å². The SMILES string of the molecule is CN(C)CCCC(=O)N(C)c1ccc(N=C(c2cccc(CCC(=O)O)c2)C2C(=O)Nc3cc(Br)ccc32)cc1. The number of hydrogen-bond acceptors (Lipinski definition) is 5. The number of aliphatic carboxylic acids is 1. The molecule has 0 spiro atoms. The Labute approximate surface area is 242 Å². The number of anilines is 2. The molecule has 40 heavy (non-hydrogen) atoms. The lowest BCUT2D eigenvalue weighted by molar-refractivity contribution is -0.137. The number of amides is 2. The molecular formula is C31H33BrN4O4. The van der Waals surface area contributed by atoms with Crippen molar-refractivity contribution in [3.8, 4) is 0 Å². The van der Waals surface area contributed by atoms with Crippen LogP contribution in [0.2, 0.25) is 0 Å². The van der Waals surface area contributed by atoms with Crippen molar-refractivity contribution >= 4 is 56.5 Å². The van der Waals surface area contributed by atoms with E-state index >= 15 is 0 Å². The normalized spacial score (nSPS) is 14.7. The molecule has 0 saturated heterocycles. The molecule has 1 aliphatic heterocycles. The van der Waals surface area contributed by atoms with Crippen LogP contribution in [-0.2, 0) is 20.8 Å². The average Bonchev–Trinajstić information content (AvgIpc) is 3.24. The second kappa shape index (κ2) is 13.0. The van der Waals surface area contributed by atoms with E-state index in [0.29, 0.717) is 24.2 Å². The molecule has 208 valence electrons. The van der Waals surface area contributed by atoms with Gasteiger partial charge in [0.1, 0.15) is 5.92 Å². The third kappa shape index (κ3) is 7.22. The van der Waals surface area contributed by atoms with E-state index in [1.165, 1.54) is 0 Å². The molecule has 2 amide bonds.